The molecule has 0 unspecified atom stereocenters. The number of benzene rings is 1. The van der Waals surface area contributed by atoms with Crippen molar-refractivity contribution in [2.24, 2.45) is 0 Å². The minimum Gasteiger partial charge on any atom is -0.484 e. The molecule has 0 aliphatic rings. The van der Waals surface area contributed by atoms with Crippen molar-refractivity contribution in [2.75, 3.05) is 7.05 Å². The van der Waals surface area contributed by atoms with Gasteiger partial charge in [-0.3, -0.25) is 0 Å². The highest BCUT2D eigenvalue weighted by Crippen LogP contribution is 2.27. The molecule has 2 rings (SSSR count). The van der Waals surface area contributed by atoms with E-state index in [-0.39, 0.29) is 0 Å². The van der Waals surface area contributed by atoms with Gasteiger partial charge in [-0.15, -0.1) is 0 Å². The van der Waals surface area contributed by atoms with Gasteiger partial charge in [0.15, 0.2) is 0 Å². The lowest BCUT2D eigenvalue weighted by atomic mass is 10.2. The number of aryl methyl sites for hydroxylation is 2. The topological polar surface area (TPSA) is 34.4 Å². The van der Waals surface area contributed by atoms with E-state index in [1.165, 1.54) is 5.56 Å². The first-order chi connectivity index (χ1) is 9.10. The Morgan fingerprint density at radius 1 is 1.26 bits per heavy atom. The first-order valence-electron chi connectivity index (χ1n) is 6.22. The molecule has 0 aliphatic carbocycles. The molecular formula is C15H18BrNO2. The van der Waals surface area contributed by atoms with Crippen LogP contribution in [0.4, 0.5) is 0 Å². The van der Waals surface area contributed by atoms with Gasteiger partial charge in [0.25, 0.3) is 0 Å². The molecule has 0 aliphatic heterocycles. The number of halogens is 1. The quantitative estimate of drug-likeness (QED) is 0.904. The molecular weight excluding hydrogens is 306 g/mol. The van der Waals surface area contributed by atoms with Crippen molar-refractivity contribution < 1.29 is 9.15 Å². The molecule has 1 N–H and O–H groups in total. The Morgan fingerprint density at radius 2 is 2.05 bits per heavy atom. The van der Waals surface area contributed by atoms with Crippen LogP contribution in [-0.2, 0) is 13.2 Å². The molecule has 1 aromatic carbocycles. The summed E-state index contributed by atoms with van der Waals surface area (Å²) in [7, 11) is 1.90. The Kier molecular flexibility index (Phi) is 4.66. The Hall–Kier alpha value is -1.26. The lowest BCUT2D eigenvalue weighted by molar-refractivity contribution is 0.264. The maximum absolute atomic E-state index is 5.76. The molecule has 2 aromatic rings. The van der Waals surface area contributed by atoms with Crippen molar-refractivity contribution in [3.8, 4) is 5.75 Å². The zero-order chi connectivity index (χ0) is 13.8. The first kappa shape index (κ1) is 14.2. The van der Waals surface area contributed by atoms with E-state index in [9.17, 15) is 0 Å². The van der Waals surface area contributed by atoms with E-state index in [2.05, 4.69) is 28.2 Å². The van der Waals surface area contributed by atoms with Crippen LogP contribution in [0.2, 0.25) is 0 Å². The summed E-state index contributed by atoms with van der Waals surface area (Å²) in [5, 5.41) is 3.09. The molecule has 102 valence electrons. The average molecular weight is 324 g/mol. The fraction of sp³-hybridized carbons (Fsp3) is 0.333. The van der Waals surface area contributed by atoms with Crippen LogP contribution in [0.5, 0.6) is 5.75 Å². The van der Waals surface area contributed by atoms with Crippen LogP contribution in [0.15, 0.2) is 33.2 Å². The van der Waals surface area contributed by atoms with E-state index in [0.29, 0.717) is 6.61 Å². The summed E-state index contributed by atoms with van der Waals surface area (Å²) in [5.74, 6) is 2.63. The standard InChI is InChI=1S/C15H18BrNO2/c1-10-4-5-14(13(16)6-10)18-9-12-7-11(2)15(19-12)8-17-3/h4-7,17H,8-9H2,1-3H3. The molecule has 3 nitrogen and oxygen atoms in total. The van der Waals surface area contributed by atoms with Gasteiger partial charge in [-0.1, -0.05) is 6.07 Å². The van der Waals surface area contributed by atoms with E-state index in [4.69, 9.17) is 9.15 Å². The third kappa shape index (κ3) is 3.61. The monoisotopic (exact) mass is 323 g/mol. The number of rotatable bonds is 5. The normalized spacial score (nSPS) is 10.7. The number of hydrogen-bond acceptors (Lipinski definition) is 3. The largest absolute Gasteiger partial charge is 0.484 e. The molecule has 19 heavy (non-hydrogen) atoms. The van der Waals surface area contributed by atoms with Crippen LogP contribution >= 0.6 is 15.9 Å². The summed E-state index contributed by atoms with van der Waals surface area (Å²) in [6.07, 6.45) is 0. The van der Waals surface area contributed by atoms with Crippen LogP contribution in [-0.4, -0.2) is 7.05 Å². The molecule has 0 saturated heterocycles. The van der Waals surface area contributed by atoms with E-state index in [1.54, 1.807) is 0 Å². The number of furan rings is 1. The van der Waals surface area contributed by atoms with Crippen molar-refractivity contribution in [2.45, 2.75) is 27.0 Å². The van der Waals surface area contributed by atoms with Gasteiger partial charge in [0.05, 0.1) is 11.0 Å². The van der Waals surface area contributed by atoms with Crippen LogP contribution < -0.4 is 10.1 Å². The van der Waals surface area contributed by atoms with Gasteiger partial charge in [0.2, 0.25) is 0 Å². The lowest BCUT2D eigenvalue weighted by Crippen LogP contribution is -2.04. The second kappa shape index (κ2) is 6.26. The predicted octanol–water partition coefficient (Wildman–Crippen LogP) is 3.96. The van der Waals surface area contributed by atoms with E-state index < -0.39 is 0 Å². The second-order valence-corrected chi connectivity index (χ2v) is 5.43. The van der Waals surface area contributed by atoms with Gasteiger partial charge in [-0.25, -0.2) is 0 Å². The van der Waals surface area contributed by atoms with Crippen LogP contribution in [0.1, 0.15) is 22.6 Å². The molecule has 0 saturated carbocycles. The molecule has 1 aromatic heterocycles. The third-order valence-corrected chi connectivity index (χ3v) is 3.49. The minimum absolute atomic E-state index is 0.437. The summed E-state index contributed by atoms with van der Waals surface area (Å²) >= 11 is 3.50. The first-order valence-corrected chi connectivity index (χ1v) is 7.01. The molecule has 0 bridgehead atoms. The molecule has 0 amide bonds. The van der Waals surface area contributed by atoms with Crippen molar-refractivity contribution in [3.63, 3.8) is 0 Å². The van der Waals surface area contributed by atoms with Crippen LogP contribution in [0.3, 0.4) is 0 Å². The Morgan fingerprint density at radius 3 is 2.74 bits per heavy atom. The molecule has 4 heteroatoms. The van der Waals surface area contributed by atoms with Crippen LogP contribution in [0.25, 0.3) is 0 Å². The van der Waals surface area contributed by atoms with Crippen molar-refractivity contribution in [1.29, 1.82) is 0 Å². The third-order valence-electron chi connectivity index (χ3n) is 2.87. The number of ether oxygens (including phenoxy) is 1. The van der Waals surface area contributed by atoms with Crippen molar-refractivity contribution in [1.82, 2.24) is 5.32 Å². The second-order valence-electron chi connectivity index (χ2n) is 4.57. The van der Waals surface area contributed by atoms with Gasteiger partial charge in [0, 0.05) is 0 Å². The lowest BCUT2D eigenvalue weighted by Gasteiger charge is -2.07. The smallest absolute Gasteiger partial charge is 0.146 e. The Bertz CT molecular complexity index is 563. The Labute approximate surface area is 122 Å². The molecule has 0 radical (unpaired) electrons. The van der Waals surface area contributed by atoms with Gasteiger partial charge >= 0.3 is 0 Å². The molecule has 0 spiro atoms. The van der Waals surface area contributed by atoms with Crippen molar-refractivity contribution >= 4 is 15.9 Å². The zero-order valence-electron chi connectivity index (χ0n) is 11.4. The number of hydrogen-bond donors (Lipinski definition) is 1. The Balaban J connectivity index is 2.04. The summed E-state index contributed by atoms with van der Waals surface area (Å²) in [5.41, 5.74) is 2.35. The highest BCUT2D eigenvalue weighted by molar-refractivity contribution is 9.10. The summed E-state index contributed by atoms with van der Waals surface area (Å²) in [4.78, 5) is 0. The van der Waals surface area contributed by atoms with Crippen LogP contribution in [0, 0.1) is 13.8 Å². The summed E-state index contributed by atoms with van der Waals surface area (Å²) in [6.45, 7) is 5.27. The maximum Gasteiger partial charge on any atom is 0.146 e. The van der Waals surface area contributed by atoms with Gasteiger partial charge in [-0.05, 0) is 66.2 Å². The van der Waals surface area contributed by atoms with Gasteiger partial charge in [-0.2, -0.15) is 0 Å². The summed E-state index contributed by atoms with van der Waals surface area (Å²) in [6, 6.07) is 8.05. The minimum atomic E-state index is 0.437. The van der Waals surface area contributed by atoms with Crippen molar-refractivity contribution in [3.05, 3.63) is 51.4 Å². The van der Waals surface area contributed by atoms with Gasteiger partial charge in [0.1, 0.15) is 23.9 Å². The molecule has 1 heterocycles. The van der Waals surface area contributed by atoms with Gasteiger partial charge < -0.3 is 14.5 Å². The molecule has 0 atom stereocenters. The fourth-order valence-electron chi connectivity index (χ4n) is 1.87. The van der Waals surface area contributed by atoms with E-state index >= 15 is 0 Å². The zero-order valence-corrected chi connectivity index (χ0v) is 13.0. The van der Waals surface area contributed by atoms with E-state index in [1.807, 2.05) is 38.2 Å². The SMILES string of the molecule is CNCc1oc(COc2ccc(C)cc2Br)cc1C. The highest BCUT2D eigenvalue weighted by Gasteiger charge is 2.08. The predicted molar refractivity (Wildman–Crippen MR) is 79.4 cm³/mol. The average Bonchev–Trinajstić information content (AvgIpc) is 2.70. The molecule has 0 fully saturated rings. The number of nitrogens with one attached hydrogen (secondary N) is 1. The maximum atomic E-state index is 5.76. The summed E-state index contributed by atoms with van der Waals surface area (Å²) < 4.78 is 12.5. The fourth-order valence-corrected chi connectivity index (χ4v) is 2.48. The van der Waals surface area contributed by atoms with E-state index in [0.717, 1.165) is 33.9 Å². The highest BCUT2D eigenvalue weighted by atomic mass is 79.9.